The number of anilines is 1. The minimum atomic E-state index is -0.196. The summed E-state index contributed by atoms with van der Waals surface area (Å²) in [6.45, 7) is 1.73. The van der Waals surface area contributed by atoms with E-state index in [2.05, 4.69) is 15.5 Å². The highest BCUT2D eigenvalue weighted by molar-refractivity contribution is 6.33. The number of nitrogens with zero attached hydrogens (tertiary/aromatic N) is 1. The molecule has 3 rings (SSSR count). The number of amides is 2. The van der Waals surface area contributed by atoms with Crippen LogP contribution in [0.4, 0.5) is 5.69 Å². The van der Waals surface area contributed by atoms with Crippen LogP contribution in [-0.4, -0.2) is 35.8 Å². The smallest absolute Gasteiger partial charge is 0.237 e. The van der Waals surface area contributed by atoms with Gasteiger partial charge in [0, 0.05) is 13.0 Å². The van der Waals surface area contributed by atoms with Crippen LogP contribution in [0.5, 0.6) is 0 Å². The summed E-state index contributed by atoms with van der Waals surface area (Å²) in [7, 11) is 0. The van der Waals surface area contributed by atoms with Crippen molar-refractivity contribution in [3.05, 3.63) is 53.4 Å². The molecule has 138 valence electrons. The van der Waals surface area contributed by atoms with Crippen LogP contribution in [0.3, 0.4) is 0 Å². The normalized spacial score (nSPS) is 17.2. The fraction of sp³-hybridized carbons (Fsp3) is 0.368. The fourth-order valence-electron chi connectivity index (χ4n) is 3.12. The van der Waals surface area contributed by atoms with E-state index in [0.717, 1.165) is 25.1 Å². The minimum absolute atomic E-state index is 0.0228. The molecule has 1 aromatic heterocycles. The van der Waals surface area contributed by atoms with E-state index in [4.69, 9.17) is 16.0 Å². The highest BCUT2D eigenvalue weighted by Crippen LogP contribution is 2.21. The fourth-order valence-corrected chi connectivity index (χ4v) is 3.30. The maximum Gasteiger partial charge on any atom is 0.237 e. The maximum atomic E-state index is 12.4. The number of hydrogen-bond acceptors (Lipinski definition) is 4. The third kappa shape index (κ3) is 4.86. The Morgan fingerprint density at radius 3 is 2.85 bits per heavy atom. The van der Waals surface area contributed by atoms with Crippen LogP contribution in [-0.2, 0) is 16.1 Å². The number of likely N-dealkylation sites (tertiary alicyclic amines) is 1. The Bertz CT molecular complexity index is 748. The lowest BCUT2D eigenvalue weighted by Crippen LogP contribution is -2.43. The number of benzene rings is 1. The molecule has 26 heavy (non-hydrogen) atoms. The van der Waals surface area contributed by atoms with Gasteiger partial charge in [0.1, 0.15) is 5.76 Å². The number of carbonyl (C=O) groups is 2. The van der Waals surface area contributed by atoms with Crippen molar-refractivity contribution < 1.29 is 14.0 Å². The second-order valence-electron chi connectivity index (χ2n) is 6.27. The third-order valence-corrected chi connectivity index (χ3v) is 4.79. The zero-order valence-corrected chi connectivity index (χ0v) is 15.2. The molecule has 2 heterocycles. The molecule has 0 spiro atoms. The molecule has 1 aromatic carbocycles. The first kappa shape index (κ1) is 18.5. The van der Waals surface area contributed by atoms with Crippen LogP contribution < -0.4 is 10.6 Å². The molecule has 1 fully saturated rings. The Hall–Kier alpha value is -2.31. The van der Waals surface area contributed by atoms with E-state index in [-0.39, 0.29) is 17.9 Å². The van der Waals surface area contributed by atoms with Gasteiger partial charge in [-0.05, 0) is 43.7 Å². The summed E-state index contributed by atoms with van der Waals surface area (Å²) in [6.07, 6.45) is 3.65. The van der Waals surface area contributed by atoms with Crippen molar-refractivity contribution in [3.63, 3.8) is 0 Å². The second kappa shape index (κ2) is 8.87. The topological polar surface area (TPSA) is 74.6 Å². The molecule has 7 heteroatoms. The van der Waals surface area contributed by atoms with Crippen LogP contribution in [0.15, 0.2) is 47.1 Å². The lowest BCUT2D eigenvalue weighted by Gasteiger charge is -2.23. The molecule has 0 saturated carbocycles. The van der Waals surface area contributed by atoms with Gasteiger partial charge in [-0.3, -0.25) is 14.5 Å². The van der Waals surface area contributed by atoms with Gasteiger partial charge in [0.05, 0.1) is 29.6 Å². The van der Waals surface area contributed by atoms with Crippen molar-refractivity contribution in [2.45, 2.75) is 31.8 Å². The molecule has 0 radical (unpaired) electrons. The predicted octanol–water partition coefficient (Wildman–Crippen LogP) is 3.04. The van der Waals surface area contributed by atoms with E-state index in [0.29, 0.717) is 30.2 Å². The van der Waals surface area contributed by atoms with Gasteiger partial charge >= 0.3 is 0 Å². The molecule has 1 aliphatic rings. The SMILES string of the molecule is O=C(CCN1CCC[C@H]1C(=O)NCc1ccco1)Nc1ccccc1Cl. The van der Waals surface area contributed by atoms with Gasteiger partial charge < -0.3 is 15.1 Å². The quantitative estimate of drug-likeness (QED) is 0.780. The summed E-state index contributed by atoms with van der Waals surface area (Å²) in [5.74, 6) is 0.590. The van der Waals surface area contributed by atoms with Gasteiger partial charge in [-0.1, -0.05) is 23.7 Å². The molecule has 0 unspecified atom stereocenters. The Balaban J connectivity index is 1.46. The number of nitrogens with one attached hydrogen (secondary N) is 2. The van der Waals surface area contributed by atoms with Crippen molar-refractivity contribution in [1.82, 2.24) is 10.2 Å². The van der Waals surface area contributed by atoms with Gasteiger partial charge in [-0.2, -0.15) is 0 Å². The standard InChI is InChI=1S/C19H22ClN3O3/c20-15-6-1-2-7-16(15)22-18(24)9-11-23-10-3-8-17(23)19(25)21-13-14-5-4-12-26-14/h1-2,4-7,12,17H,3,8-11,13H2,(H,21,25)(H,22,24)/t17-/m0/s1. The van der Waals surface area contributed by atoms with Crippen molar-refractivity contribution in [1.29, 1.82) is 0 Å². The Morgan fingerprint density at radius 2 is 2.08 bits per heavy atom. The molecule has 1 saturated heterocycles. The van der Waals surface area contributed by atoms with E-state index < -0.39 is 0 Å². The van der Waals surface area contributed by atoms with Crippen molar-refractivity contribution in [2.24, 2.45) is 0 Å². The van der Waals surface area contributed by atoms with E-state index in [1.807, 2.05) is 18.2 Å². The average molecular weight is 376 g/mol. The summed E-state index contributed by atoms with van der Waals surface area (Å²) < 4.78 is 5.23. The van der Waals surface area contributed by atoms with Crippen LogP contribution in [0.25, 0.3) is 0 Å². The number of rotatable bonds is 7. The molecule has 6 nitrogen and oxygen atoms in total. The molecular formula is C19H22ClN3O3. The number of carbonyl (C=O) groups excluding carboxylic acids is 2. The van der Waals surface area contributed by atoms with Gasteiger partial charge in [0.2, 0.25) is 11.8 Å². The molecule has 2 N–H and O–H groups in total. The summed E-state index contributed by atoms with van der Waals surface area (Å²) in [5.41, 5.74) is 0.605. The van der Waals surface area contributed by atoms with E-state index >= 15 is 0 Å². The van der Waals surface area contributed by atoms with Crippen LogP contribution in [0, 0.1) is 0 Å². The summed E-state index contributed by atoms with van der Waals surface area (Å²) in [6, 6.07) is 10.6. The first-order chi connectivity index (χ1) is 12.6. The van der Waals surface area contributed by atoms with Crippen LogP contribution in [0.2, 0.25) is 5.02 Å². The monoisotopic (exact) mass is 375 g/mol. The number of hydrogen-bond donors (Lipinski definition) is 2. The van der Waals surface area contributed by atoms with Crippen LogP contribution >= 0.6 is 11.6 Å². The molecule has 0 aliphatic carbocycles. The molecule has 2 amide bonds. The Morgan fingerprint density at radius 1 is 1.23 bits per heavy atom. The summed E-state index contributed by atoms with van der Waals surface area (Å²) >= 11 is 6.05. The van der Waals surface area contributed by atoms with Crippen molar-refractivity contribution in [3.8, 4) is 0 Å². The Labute approximate surface area is 157 Å². The third-order valence-electron chi connectivity index (χ3n) is 4.46. The largest absolute Gasteiger partial charge is 0.467 e. The summed E-state index contributed by atoms with van der Waals surface area (Å²) in [4.78, 5) is 26.6. The minimum Gasteiger partial charge on any atom is -0.467 e. The first-order valence-electron chi connectivity index (χ1n) is 8.72. The number of para-hydroxylation sites is 1. The van der Waals surface area contributed by atoms with Crippen molar-refractivity contribution in [2.75, 3.05) is 18.4 Å². The van der Waals surface area contributed by atoms with E-state index in [9.17, 15) is 9.59 Å². The zero-order chi connectivity index (χ0) is 18.4. The summed E-state index contributed by atoms with van der Waals surface area (Å²) in [5, 5.41) is 6.22. The molecule has 1 aliphatic heterocycles. The van der Waals surface area contributed by atoms with E-state index in [1.54, 1.807) is 24.5 Å². The highest BCUT2D eigenvalue weighted by Gasteiger charge is 2.30. The predicted molar refractivity (Wildman–Crippen MR) is 99.8 cm³/mol. The highest BCUT2D eigenvalue weighted by atomic mass is 35.5. The Kier molecular flexibility index (Phi) is 6.30. The molecule has 2 aromatic rings. The second-order valence-corrected chi connectivity index (χ2v) is 6.68. The number of halogens is 1. The van der Waals surface area contributed by atoms with Gasteiger partial charge in [0.15, 0.2) is 0 Å². The van der Waals surface area contributed by atoms with Crippen LogP contribution in [0.1, 0.15) is 25.0 Å². The lowest BCUT2D eigenvalue weighted by molar-refractivity contribution is -0.126. The molecule has 0 bridgehead atoms. The van der Waals surface area contributed by atoms with E-state index in [1.165, 1.54) is 0 Å². The van der Waals surface area contributed by atoms with Crippen molar-refractivity contribution >= 4 is 29.1 Å². The zero-order valence-electron chi connectivity index (χ0n) is 14.4. The number of furan rings is 1. The van der Waals surface area contributed by atoms with Gasteiger partial charge in [-0.25, -0.2) is 0 Å². The first-order valence-corrected chi connectivity index (χ1v) is 9.10. The van der Waals surface area contributed by atoms with Gasteiger partial charge in [-0.15, -0.1) is 0 Å². The molecule has 1 atom stereocenters. The van der Waals surface area contributed by atoms with Gasteiger partial charge in [0.25, 0.3) is 0 Å². The lowest BCUT2D eigenvalue weighted by atomic mass is 10.2. The maximum absolute atomic E-state index is 12.4. The average Bonchev–Trinajstić information content (AvgIpc) is 3.31. The molecular weight excluding hydrogens is 354 g/mol.